The van der Waals surface area contributed by atoms with E-state index in [1.54, 1.807) is 41.9 Å². The molecule has 9 heteroatoms. The van der Waals surface area contributed by atoms with Crippen LogP contribution in [0.2, 0.25) is 0 Å². The second-order valence-corrected chi connectivity index (χ2v) is 10.3. The van der Waals surface area contributed by atoms with Gasteiger partial charge in [-0.15, -0.1) is 0 Å². The molecule has 9 nitrogen and oxygen atoms in total. The van der Waals surface area contributed by atoms with Crippen LogP contribution < -0.4 is 14.8 Å². The van der Waals surface area contributed by atoms with Crippen LogP contribution in [0.4, 0.5) is 4.79 Å². The van der Waals surface area contributed by atoms with Gasteiger partial charge in [-0.2, -0.15) is 0 Å². The number of esters is 1. The fourth-order valence-corrected chi connectivity index (χ4v) is 3.69. The lowest BCUT2D eigenvalue weighted by Gasteiger charge is -2.29. The van der Waals surface area contributed by atoms with Gasteiger partial charge in [0, 0.05) is 26.1 Å². The normalized spacial score (nSPS) is 13.5. The summed E-state index contributed by atoms with van der Waals surface area (Å²) in [6.45, 7) is 12.4. The van der Waals surface area contributed by atoms with Crippen LogP contribution in [0.3, 0.4) is 0 Å². The maximum absolute atomic E-state index is 12.6. The predicted octanol–water partition coefficient (Wildman–Crippen LogP) is 4.14. The molecule has 2 N–H and O–H groups in total. The van der Waals surface area contributed by atoms with E-state index < -0.39 is 29.8 Å². The summed E-state index contributed by atoms with van der Waals surface area (Å²) in [5, 5.41) is 13.6. The van der Waals surface area contributed by atoms with E-state index in [0.29, 0.717) is 37.6 Å². The topological polar surface area (TPSA) is 113 Å². The molecule has 1 aromatic carbocycles. The zero-order valence-electron chi connectivity index (χ0n) is 24.1. The molecule has 0 aromatic heterocycles. The molecule has 0 heterocycles. The monoisotopic (exact) mass is 535 g/mol. The zero-order valence-corrected chi connectivity index (χ0v) is 24.1. The number of aliphatic hydroxyl groups is 1. The number of ether oxygens (including phenoxy) is 5. The highest BCUT2D eigenvalue weighted by atomic mass is 16.6. The van der Waals surface area contributed by atoms with Crippen LogP contribution in [-0.4, -0.2) is 69.0 Å². The first kappa shape index (κ1) is 33.1. The standard InChI is InChI=1S/C29H45NO8/c1-9-36-27(32)14-12-24(31)23(30-28(33)38-29(4,5)6)19-22(20(2)3)17-21-11-13-25(35-8)26(18-21)37-16-10-15-34-7/h11,13,18,20,22-24,31H,9-10,15-17,19H2,1-8H3,(H,30,33)/t22-,23-,24-/m0/s1. The molecule has 0 saturated heterocycles. The van der Waals surface area contributed by atoms with E-state index in [0.717, 1.165) is 12.0 Å². The van der Waals surface area contributed by atoms with Crippen molar-refractivity contribution in [3.05, 3.63) is 23.8 Å². The van der Waals surface area contributed by atoms with Gasteiger partial charge in [0.05, 0.1) is 26.4 Å². The summed E-state index contributed by atoms with van der Waals surface area (Å²) in [5.74, 6) is 5.61. The molecular weight excluding hydrogens is 490 g/mol. The fraction of sp³-hybridized carbons (Fsp3) is 0.655. The molecule has 1 rings (SSSR count). The summed E-state index contributed by atoms with van der Waals surface area (Å²) >= 11 is 0. The Kier molecular flexibility index (Phi) is 14.6. The predicted molar refractivity (Wildman–Crippen MR) is 145 cm³/mol. The van der Waals surface area contributed by atoms with E-state index >= 15 is 0 Å². The second kappa shape index (κ2) is 16.8. The molecule has 3 atom stereocenters. The van der Waals surface area contributed by atoms with Crippen LogP contribution in [-0.2, 0) is 25.4 Å². The Morgan fingerprint density at radius 1 is 1.11 bits per heavy atom. The number of alkyl carbamates (subject to hydrolysis) is 1. The quantitative estimate of drug-likeness (QED) is 0.158. The Bertz CT molecular complexity index is 929. The van der Waals surface area contributed by atoms with Crippen molar-refractivity contribution in [2.75, 3.05) is 34.0 Å². The number of hydrogen-bond acceptors (Lipinski definition) is 8. The highest BCUT2D eigenvalue weighted by Gasteiger charge is 2.28. The van der Waals surface area contributed by atoms with Gasteiger partial charge in [0.1, 0.15) is 11.7 Å². The van der Waals surface area contributed by atoms with Gasteiger partial charge in [-0.3, -0.25) is 0 Å². The number of amides is 1. The third-order valence-electron chi connectivity index (χ3n) is 5.66. The maximum Gasteiger partial charge on any atom is 0.407 e. The Labute approximate surface area is 227 Å². The molecule has 0 aliphatic carbocycles. The average molecular weight is 536 g/mol. The van der Waals surface area contributed by atoms with Crippen LogP contribution in [0.25, 0.3) is 0 Å². The number of methoxy groups -OCH3 is 2. The molecule has 0 fully saturated rings. The fourth-order valence-electron chi connectivity index (χ4n) is 3.69. The summed E-state index contributed by atoms with van der Waals surface area (Å²) in [5.41, 5.74) is 0.311. The Morgan fingerprint density at radius 3 is 2.39 bits per heavy atom. The van der Waals surface area contributed by atoms with Crippen LogP contribution in [0, 0.1) is 23.7 Å². The van der Waals surface area contributed by atoms with E-state index in [1.807, 2.05) is 18.2 Å². The summed E-state index contributed by atoms with van der Waals surface area (Å²) in [4.78, 5) is 24.3. The lowest BCUT2D eigenvalue weighted by molar-refractivity contribution is -0.136. The van der Waals surface area contributed by atoms with Gasteiger partial charge >= 0.3 is 12.1 Å². The number of benzene rings is 1. The lowest BCUT2D eigenvalue weighted by Crippen LogP contribution is -2.46. The molecule has 0 saturated carbocycles. The van der Waals surface area contributed by atoms with Crippen LogP contribution >= 0.6 is 0 Å². The Balaban J connectivity index is 3.14. The number of hydrogen-bond donors (Lipinski definition) is 2. The minimum atomic E-state index is -1.30. The Hall–Kier alpha value is -2.96. The third-order valence-corrected chi connectivity index (χ3v) is 5.66. The SMILES string of the molecule is CCOC(=O)C#C[C@H](O)[C@H](C[C@H](Cc1ccc(OC)c(OCCCOC)c1)C(C)C)NC(=O)OC(C)(C)C. The summed E-state index contributed by atoms with van der Waals surface area (Å²) in [6.07, 6.45) is -0.171. The second-order valence-electron chi connectivity index (χ2n) is 10.3. The van der Waals surface area contributed by atoms with Crippen molar-refractivity contribution in [3.63, 3.8) is 0 Å². The average Bonchev–Trinajstić information content (AvgIpc) is 2.83. The van der Waals surface area contributed by atoms with Crippen molar-refractivity contribution in [3.8, 4) is 23.3 Å². The maximum atomic E-state index is 12.6. The number of carbonyl (C=O) groups is 2. The van der Waals surface area contributed by atoms with Gasteiger partial charge < -0.3 is 34.1 Å². The highest BCUT2D eigenvalue weighted by molar-refractivity contribution is 5.88. The molecule has 0 bridgehead atoms. The van der Waals surface area contributed by atoms with Crippen molar-refractivity contribution in [2.24, 2.45) is 11.8 Å². The first-order chi connectivity index (χ1) is 17.9. The summed E-state index contributed by atoms with van der Waals surface area (Å²) in [7, 11) is 3.25. The molecule has 0 aliphatic rings. The van der Waals surface area contributed by atoms with Crippen LogP contribution in [0.15, 0.2) is 18.2 Å². The molecular formula is C29H45NO8. The summed E-state index contributed by atoms with van der Waals surface area (Å²) in [6, 6.07) is 5.02. The molecule has 38 heavy (non-hydrogen) atoms. The number of carbonyl (C=O) groups excluding carboxylic acids is 2. The van der Waals surface area contributed by atoms with Crippen LogP contribution in [0.5, 0.6) is 11.5 Å². The van der Waals surface area contributed by atoms with Gasteiger partial charge in [-0.05, 0) is 70.1 Å². The molecule has 0 radical (unpaired) electrons. The van der Waals surface area contributed by atoms with Gasteiger partial charge in [0.2, 0.25) is 0 Å². The van der Waals surface area contributed by atoms with E-state index in [2.05, 4.69) is 31.0 Å². The minimum Gasteiger partial charge on any atom is -0.493 e. The lowest BCUT2D eigenvalue weighted by atomic mass is 9.83. The van der Waals surface area contributed by atoms with E-state index in [-0.39, 0.29) is 18.4 Å². The van der Waals surface area contributed by atoms with Crippen LogP contribution in [0.1, 0.15) is 59.9 Å². The summed E-state index contributed by atoms with van der Waals surface area (Å²) < 4.78 is 26.7. The van der Waals surface area contributed by atoms with Gasteiger partial charge in [-0.1, -0.05) is 25.8 Å². The van der Waals surface area contributed by atoms with Crippen molar-refractivity contribution in [1.29, 1.82) is 0 Å². The smallest absolute Gasteiger partial charge is 0.407 e. The van der Waals surface area contributed by atoms with Crippen molar-refractivity contribution >= 4 is 12.1 Å². The highest BCUT2D eigenvalue weighted by Crippen LogP contribution is 2.31. The van der Waals surface area contributed by atoms with Gasteiger partial charge in [-0.25, -0.2) is 9.59 Å². The number of nitrogens with one attached hydrogen (secondary N) is 1. The molecule has 0 aliphatic heterocycles. The molecule has 0 spiro atoms. The number of rotatable bonds is 14. The van der Waals surface area contributed by atoms with Crippen molar-refractivity contribution in [1.82, 2.24) is 5.32 Å². The molecule has 0 unspecified atom stereocenters. The zero-order chi connectivity index (χ0) is 28.7. The molecule has 214 valence electrons. The van der Waals surface area contributed by atoms with Gasteiger partial charge in [0.25, 0.3) is 0 Å². The molecule has 1 amide bonds. The van der Waals surface area contributed by atoms with E-state index in [9.17, 15) is 14.7 Å². The van der Waals surface area contributed by atoms with Gasteiger partial charge in [0.15, 0.2) is 11.5 Å². The number of aliphatic hydroxyl groups excluding tert-OH is 1. The Morgan fingerprint density at radius 2 is 1.82 bits per heavy atom. The van der Waals surface area contributed by atoms with Crippen molar-refractivity contribution in [2.45, 2.75) is 78.6 Å². The van der Waals surface area contributed by atoms with Crippen molar-refractivity contribution < 1.29 is 38.4 Å². The third kappa shape index (κ3) is 13.0. The minimum absolute atomic E-state index is 0.0451. The first-order valence-electron chi connectivity index (χ1n) is 13.0. The largest absolute Gasteiger partial charge is 0.493 e. The first-order valence-corrected chi connectivity index (χ1v) is 13.0. The van der Waals surface area contributed by atoms with E-state index in [4.69, 9.17) is 23.7 Å². The van der Waals surface area contributed by atoms with E-state index in [1.165, 1.54) is 0 Å². The molecule has 1 aromatic rings.